The lowest BCUT2D eigenvalue weighted by Crippen LogP contribution is -2.36. The fraction of sp³-hybridized carbons (Fsp3) is 0.708. The van der Waals surface area contributed by atoms with Crippen molar-refractivity contribution in [2.75, 3.05) is 25.5 Å². The molecule has 7 heteroatoms. The standard InChI is InChI=1S/C24H37N5O2/c1-4-5-16(2)26-24-25-14-20-22(27-24)21(17-6-8-19(30)9-7-17)15-29(23(20)31)18-10-12-28(3)13-11-18/h14-19,30H,4-13H2,1-3H3,(H,25,26,27)/t16?,17-,19-. The van der Waals surface area contributed by atoms with E-state index in [-0.39, 0.29) is 23.7 Å². The molecule has 7 nitrogen and oxygen atoms in total. The number of rotatable bonds is 6. The van der Waals surface area contributed by atoms with Crippen molar-refractivity contribution < 1.29 is 5.11 Å². The summed E-state index contributed by atoms with van der Waals surface area (Å²) in [6, 6.07) is 0.513. The first-order valence-electron chi connectivity index (χ1n) is 12.0. The van der Waals surface area contributed by atoms with Crippen LogP contribution in [0.25, 0.3) is 10.9 Å². The van der Waals surface area contributed by atoms with Crippen molar-refractivity contribution in [3.63, 3.8) is 0 Å². The van der Waals surface area contributed by atoms with E-state index in [1.807, 2.05) is 4.57 Å². The summed E-state index contributed by atoms with van der Waals surface area (Å²) < 4.78 is 1.96. The van der Waals surface area contributed by atoms with Crippen molar-refractivity contribution in [1.82, 2.24) is 19.4 Å². The molecule has 0 bridgehead atoms. The number of likely N-dealkylation sites (tertiary alicyclic amines) is 1. The monoisotopic (exact) mass is 427 g/mol. The highest BCUT2D eigenvalue weighted by Gasteiger charge is 2.27. The highest BCUT2D eigenvalue weighted by atomic mass is 16.3. The van der Waals surface area contributed by atoms with Crippen LogP contribution in [0.1, 0.15) is 82.7 Å². The second kappa shape index (κ2) is 9.65. The Balaban J connectivity index is 1.76. The number of hydrogen-bond donors (Lipinski definition) is 2. The van der Waals surface area contributed by atoms with Crippen LogP contribution in [-0.2, 0) is 0 Å². The minimum Gasteiger partial charge on any atom is -0.393 e. The number of piperidine rings is 1. The molecule has 4 rings (SSSR count). The van der Waals surface area contributed by atoms with E-state index in [0.29, 0.717) is 17.3 Å². The van der Waals surface area contributed by atoms with Crippen molar-refractivity contribution >= 4 is 16.9 Å². The maximum atomic E-state index is 13.4. The molecule has 1 atom stereocenters. The summed E-state index contributed by atoms with van der Waals surface area (Å²) in [7, 11) is 2.14. The normalized spacial score (nSPS) is 24.4. The minimum atomic E-state index is -0.205. The van der Waals surface area contributed by atoms with E-state index in [9.17, 15) is 9.90 Å². The molecule has 170 valence electrons. The number of nitrogens with zero attached hydrogens (tertiary/aromatic N) is 4. The Labute approximate surface area is 184 Å². The average molecular weight is 428 g/mol. The molecule has 0 spiro atoms. The van der Waals surface area contributed by atoms with E-state index >= 15 is 0 Å². The molecular formula is C24H37N5O2. The van der Waals surface area contributed by atoms with Crippen LogP contribution in [-0.4, -0.2) is 56.8 Å². The fourth-order valence-electron chi connectivity index (χ4n) is 5.19. The van der Waals surface area contributed by atoms with Crippen molar-refractivity contribution in [3.8, 4) is 0 Å². The lowest BCUT2D eigenvalue weighted by molar-refractivity contribution is 0.122. The Kier molecular flexibility index (Phi) is 6.92. The van der Waals surface area contributed by atoms with Crippen LogP contribution in [0.4, 0.5) is 5.95 Å². The SMILES string of the molecule is CCCC(C)Nc1ncc2c(=O)n(C3CCN(C)CC3)cc([C@H]3CC[C@H](O)CC3)c2n1. The molecular weight excluding hydrogens is 390 g/mol. The maximum Gasteiger partial charge on any atom is 0.261 e. The van der Waals surface area contributed by atoms with Gasteiger partial charge in [-0.15, -0.1) is 0 Å². The first-order chi connectivity index (χ1) is 15.0. The summed E-state index contributed by atoms with van der Waals surface area (Å²) in [4.78, 5) is 25.1. The Bertz CT molecular complexity index is 943. The molecule has 2 N–H and O–H groups in total. The zero-order valence-electron chi connectivity index (χ0n) is 19.2. The second-order valence-electron chi connectivity index (χ2n) is 9.63. The molecule has 1 aliphatic heterocycles. The van der Waals surface area contributed by atoms with E-state index in [4.69, 9.17) is 4.98 Å². The van der Waals surface area contributed by atoms with Gasteiger partial charge < -0.3 is 19.9 Å². The van der Waals surface area contributed by atoms with Gasteiger partial charge in [-0.2, -0.15) is 0 Å². The van der Waals surface area contributed by atoms with Gasteiger partial charge in [0.1, 0.15) is 0 Å². The average Bonchev–Trinajstić information content (AvgIpc) is 2.76. The van der Waals surface area contributed by atoms with Gasteiger partial charge in [0, 0.05) is 24.5 Å². The van der Waals surface area contributed by atoms with Gasteiger partial charge in [0.05, 0.1) is 17.0 Å². The highest BCUT2D eigenvalue weighted by Crippen LogP contribution is 2.36. The Morgan fingerprint density at radius 3 is 2.58 bits per heavy atom. The predicted octanol–water partition coefficient (Wildman–Crippen LogP) is 3.68. The third kappa shape index (κ3) is 4.93. The van der Waals surface area contributed by atoms with Crippen LogP contribution in [0.3, 0.4) is 0 Å². The van der Waals surface area contributed by atoms with Crippen LogP contribution in [0.15, 0.2) is 17.2 Å². The van der Waals surface area contributed by atoms with Gasteiger partial charge in [-0.1, -0.05) is 13.3 Å². The number of anilines is 1. The molecule has 2 aromatic rings. The van der Waals surface area contributed by atoms with E-state index in [1.54, 1.807) is 6.20 Å². The van der Waals surface area contributed by atoms with Crippen LogP contribution < -0.4 is 10.9 Å². The van der Waals surface area contributed by atoms with Crippen LogP contribution >= 0.6 is 0 Å². The molecule has 2 fully saturated rings. The summed E-state index contributed by atoms with van der Waals surface area (Å²) in [5.74, 6) is 0.918. The zero-order valence-corrected chi connectivity index (χ0v) is 19.2. The maximum absolute atomic E-state index is 13.4. The van der Waals surface area contributed by atoms with Gasteiger partial charge >= 0.3 is 0 Å². The summed E-state index contributed by atoms with van der Waals surface area (Å²) in [6.07, 6.45) is 11.2. The van der Waals surface area contributed by atoms with Crippen LogP contribution in [0.2, 0.25) is 0 Å². The van der Waals surface area contributed by atoms with Gasteiger partial charge in [-0.3, -0.25) is 4.79 Å². The number of nitrogens with one attached hydrogen (secondary N) is 1. The molecule has 1 saturated heterocycles. The number of aliphatic hydroxyl groups is 1. The molecule has 1 unspecified atom stereocenters. The first-order valence-corrected chi connectivity index (χ1v) is 12.0. The minimum absolute atomic E-state index is 0.0253. The summed E-state index contributed by atoms with van der Waals surface area (Å²) in [5, 5.41) is 14.0. The zero-order chi connectivity index (χ0) is 22.0. The largest absolute Gasteiger partial charge is 0.393 e. The number of aliphatic hydroxyl groups excluding tert-OH is 1. The third-order valence-electron chi connectivity index (χ3n) is 7.12. The highest BCUT2D eigenvalue weighted by molar-refractivity contribution is 5.81. The van der Waals surface area contributed by atoms with E-state index in [0.717, 1.165) is 75.5 Å². The Hall–Kier alpha value is -1.99. The Morgan fingerprint density at radius 2 is 1.90 bits per heavy atom. The van der Waals surface area contributed by atoms with Crippen LogP contribution in [0, 0.1) is 0 Å². The van der Waals surface area contributed by atoms with Crippen molar-refractivity contribution in [2.24, 2.45) is 0 Å². The number of aromatic nitrogens is 3. The smallest absolute Gasteiger partial charge is 0.261 e. The predicted molar refractivity (Wildman–Crippen MR) is 125 cm³/mol. The van der Waals surface area contributed by atoms with Gasteiger partial charge in [-0.25, -0.2) is 9.97 Å². The molecule has 31 heavy (non-hydrogen) atoms. The number of pyridine rings is 1. The van der Waals surface area contributed by atoms with Crippen molar-refractivity contribution in [3.05, 3.63) is 28.3 Å². The molecule has 0 radical (unpaired) electrons. The van der Waals surface area contributed by atoms with Gasteiger partial charge in [0.25, 0.3) is 5.56 Å². The molecule has 2 aromatic heterocycles. The van der Waals surface area contributed by atoms with E-state index < -0.39 is 0 Å². The number of hydrogen-bond acceptors (Lipinski definition) is 6. The molecule has 1 saturated carbocycles. The van der Waals surface area contributed by atoms with Gasteiger partial charge in [0.15, 0.2) is 0 Å². The quantitative estimate of drug-likeness (QED) is 0.732. The lowest BCUT2D eigenvalue weighted by atomic mass is 9.82. The molecule has 2 aliphatic rings. The van der Waals surface area contributed by atoms with Gasteiger partial charge in [0.2, 0.25) is 5.95 Å². The molecule has 3 heterocycles. The second-order valence-corrected chi connectivity index (χ2v) is 9.63. The lowest BCUT2D eigenvalue weighted by Gasteiger charge is -2.32. The van der Waals surface area contributed by atoms with Crippen molar-refractivity contribution in [2.45, 2.75) is 89.3 Å². The summed E-state index contributed by atoms with van der Waals surface area (Å²) in [6.45, 7) is 6.32. The number of fused-ring (bicyclic) bond motifs is 1. The Morgan fingerprint density at radius 1 is 1.19 bits per heavy atom. The van der Waals surface area contributed by atoms with E-state index in [2.05, 4.69) is 42.3 Å². The summed E-state index contributed by atoms with van der Waals surface area (Å²) >= 11 is 0. The fourth-order valence-corrected chi connectivity index (χ4v) is 5.19. The van der Waals surface area contributed by atoms with Gasteiger partial charge in [-0.05, 0) is 83.5 Å². The summed E-state index contributed by atoms with van der Waals surface area (Å²) in [5.41, 5.74) is 1.96. The molecule has 1 aliphatic carbocycles. The van der Waals surface area contributed by atoms with Crippen LogP contribution in [0.5, 0.6) is 0 Å². The third-order valence-corrected chi connectivity index (χ3v) is 7.12. The molecule has 0 aromatic carbocycles. The first kappa shape index (κ1) is 22.2. The molecule has 0 amide bonds. The van der Waals surface area contributed by atoms with Crippen molar-refractivity contribution in [1.29, 1.82) is 0 Å². The van der Waals surface area contributed by atoms with E-state index in [1.165, 1.54) is 0 Å². The topological polar surface area (TPSA) is 83.3 Å².